The van der Waals surface area contributed by atoms with E-state index >= 15 is 0 Å². The number of ether oxygens (including phenoxy) is 2. The average Bonchev–Trinajstić information content (AvgIpc) is 2.72. The highest BCUT2D eigenvalue weighted by Crippen LogP contribution is 2.38. The van der Waals surface area contributed by atoms with Crippen molar-refractivity contribution in [3.63, 3.8) is 0 Å². The number of carbonyl (C=O) groups excluding carboxylic acids is 1. The number of aromatic nitrogens is 2. The highest BCUT2D eigenvalue weighted by atomic mass is 35.5. The van der Waals surface area contributed by atoms with Gasteiger partial charge in [-0.2, -0.15) is 0 Å². The smallest absolute Gasteiger partial charge is 0.410 e. The Labute approximate surface area is 141 Å². The SMILES string of the molecule is CC(C)(C)OC(=O)N1[C@@H]2CC[C@H]1C[C@@H](Oc1ccc(Cl)nn1)C2. The molecule has 0 spiro atoms. The van der Waals surface area contributed by atoms with Crippen LogP contribution in [0.4, 0.5) is 4.79 Å². The van der Waals surface area contributed by atoms with Crippen molar-refractivity contribution in [1.82, 2.24) is 15.1 Å². The summed E-state index contributed by atoms with van der Waals surface area (Å²) in [6.45, 7) is 5.67. The van der Waals surface area contributed by atoms with Gasteiger partial charge in [-0.15, -0.1) is 10.2 Å². The van der Waals surface area contributed by atoms with Gasteiger partial charge in [-0.05, 0) is 39.7 Å². The van der Waals surface area contributed by atoms with Crippen LogP contribution in [-0.4, -0.2) is 45.0 Å². The fourth-order valence-corrected chi connectivity index (χ4v) is 3.47. The number of rotatable bonds is 2. The summed E-state index contributed by atoms with van der Waals surface area (Å²) < 4.78 is 11.4. The van der Waals surface area contributed by atoms with Gasteiger partial charge in [0.25, 0.3) is 0 Å². The average molecular weight is 340 g/mol. The van der Waals surface area contributed by atoms with E-state index in [0.29, 0.717) is 11.0 Å². The first kappa shape index (κ1) is 16.3. The number of halogens is 1. The van der Waals surface area contributed by atoms with E-state index in [-0.39, 0.29) is 24.3 Å². The van der Waals surface area contributed by atoms with Crippen LogP contribution in [0.15, 0.2) is 12.1 Å². The van der Waals surface area contributed by atoms with E-state index in [1.54, 1.807) is 12.1 Å². The molecule has 6 nitrogen and oxygen atoms in total. The third-order valence-corrected chi connectivity index (χ3v) is 4.39. The Bertz CT molecular complexity index is 559. The Morgan fingerprint density at radius 1 is 1.22 bits per heavy atom. The van der Waals surface area contributed by atoms with E-state index in [4.69, 9.17) is 21.1 Å². The highest BCUT2D eigenvalue weighted by Gasteiger charge is 2.45. The van der Waals surface area contributed by atoms with Crippen LogP contribution in [-0.2, 0) is 4.74 Å². The zero-order chi connectivity index (χ0) is 16.6. The van der Waals surface area contributed by atoms with E-state index in [1.165, 1.54) is 0 Å². The number of fused-ring (bicyclic) bond motifs is 2. The molecule has 2 aliphatic heterocycles. The number of nitrogens with zero attached hydrogens (tertiary/aromatic N) is 3. The molecule has 3 rings (SSSR count). The molecule has 1 aromatic heterocycles. The topological polar surface area (TPSA) is 64.5 Å². The van der Waals surface area contributed by atoms with E-state index in [2.05, 4.69) is 10.2 Å². The molecule has 0 N–H and O–H groups in total. The minimum Gasteiger partial charge on any atom is -0.473 e. The Hall–Kier alpha value is -1.56. The summed E-state index contributed by atoms with van der Waals surface area (Å²) in [5.41, 5.74) is -0.469. The normalized spacial score (nSPS) is 27.0. The molecule has 0 aromatic carbocycles. The van der Waals surface area contributed by atoms with Gasteiger partial charge in [0.2, 0.25) is 5.88 Å². The third-order valence-electron chi connectivity index (χ3n) is 4.19. The van der Waals surface area contributed by atoms with Crippen molar-refractivity contribution in [2.75, 3.05) is 0 Å². The van der Waals surface area contributed by atoms with Gasteiger partial charge in [-0.1, -0.05) is 11.6 Å². The Morgan fingerprint density at radius 3 is 2.39 bits per heavy atom. The van der Waals surface area contributed by atoms with Gasteiger partial charge in [0.1, 0.15) is 11.7 Å². The second-order valence-corrected chi connectivity index (χ2v) is 7.57. The maximum atomic E-state index is 12.4. The summed E-state index contributed by atoms with van der Waals surface area (Å²) >= 11 is 5.73. The molecule has 2 bridgehead atoms. The van der Waals surface area contributed by atoms with E-state index in [9.17, 15) is 4.79 Å². The molecule has 3 heterocycles. The van der Waals surface area contributed by atoms with E-state index in [1.807, 2.05) is 25.7 Å². The Morgan fingerprint density at radius 2 is 1.87 bits per heavy atom. The zero-order valence-corrected chi connectivity index (χ0v) is 14.4. The lowest BCUT2D eigenvalue weighted by molar-refractivity contribution is -0.00771. The molecule has 2 aliphatic rings. The zero-order valence-electron chi connectivity index (χ0n) is 13.7. The first-order chi connectivity index (χ1) is 10.8. The summed E-state index contributed by atoms with van der Waals surface area (Å²) in [7, 11) is 0. The lowest BCUT2D eigenvalue weighted by atomic mass is 10.0. The summed E-state index contributed by atoms with van der Waals surface area (Å²) in [4.78, 5) is 14.3. The number of hydrogen-bond acceptors (Lipinski definition) is 5. The summed E-state index contributed by atoms with van der Waals surface area (Å²) in [6, 6.07) is 3.73. The van der Waals surface area contributed by atoms with Gasteiger partial charge in [-0.25, -0.2) is 4.79 Å². The van der Waals surface area contributed by atoms with Gasteiger partial charge >= 0.3 is 6.09 Å². The fourth-order valence-electron chi connectivity index (χ4n) is 3.37. The van der Waals surface area contributed by atoms with Crippen molar-refractivity contribution in [1.29, 1.82) is 0 Å². The fraction of sp³-hybridized carbons (Fsp3) is 0.688. The Kier molecular flexibility index (Phi) is 4.36. The standard InChI is InChI=1S/C16H22ClN3O3/c1-16(2,3)23-15(21)20-10-4-5-11(20)9-12(8-10)22-14-7-6-13(17)18-19-14/h6-7,10-12H,4-5,8-9H2,1-3H3/t10-,11+,12+. The predicted molar refractivity (Wildman–Crippen MR) is 85.6 cm³/mol. The largest absolute Gasteiger partial charge is 0.473 e. The molecule has 23 heavy (non-hydrogen) atoms. The molecule has 3 atom stereocenters. The van der Waals surface area contributed by atoms with Crippen LogP contribution >= 0.6 is 11.6 Å². The maximum absolute atomic E-state index is 12.4. The molecule has 2 saturated heterocycles. The third kappa shape index (κ3) is 3.86. The minimum absolute atomic E-state index is 0.0432. The molecule has 1 aromatic rings. The first-order valence-electron chi connectivity index (χ1n) is 7.99. The maximum Gasteiger partial charge on any atom is 0.410 e. The van der Waals surface area contributed by atoms with Crippen LogP contribution < -0.4 is 4.74 Å². The van der Waals surface area contributed by atoms with Gasteiger partial charge in [0.15, 0.2) is 5.15 Å². The monoisotopic (exact) mass is 339 g/mol. The van der Waals surface area contributed by atoms with Crippen LogP contribution in [0.25, 0.3) is 0 Å². The highest BCUT2D eigenvalue weighted by molar-refractivity contribution is 6.29. The minimum atomic E-state index is -0.469. The van der Waals surface area contributed by atoms with E-state index < -0.39 is 5.60 Å². The summed E-state index contributed by atoms with van der Waals surface area (Å²) in [5.74, 6) is 0.476. The van der Waals surface area contributed by atoms with Gasteiger partial charge in [0, 0.05) is 31.0 Å². The molecule has 7 heteroatoms. The van der Waals surface area contributed by atoms with Crippen molar-refractivity contribution in [2.24, 2.45) is 0 Å². The van der Waals surface area contributed by atoms with Crippen molar-refractivity contribution in [2.45, 2.75) is 70.2 Å². The van der Waals surface area contributed by atoms with Crippen LogP contribution in [0.5, 0.6) is 5.88 Å². The Balaban J connectivity index is 1.62. The summed E-state index contributed by atoms with van der Waals surface area (Å²) in [6.07, 6.45) is 3.41. The second kappa shape index (κ2) is 6.15. The summed E-state index contributed by atoms with van der Waals surface area (Å²) in [5, 5.41) is 8.07. The number of piperidine rings is 1. The predicted octanol–water partition coefficient (Wildman–Crippen LogP) is 3.44. The lowest BCUT2D eigenvalue weighted by Gasteiger charge is -2.39. The molecule has 0 saturated carbocycles. The molecular weight excluding hydrogens is 318 g/mol. The number of carbonyl (C=O) groups is 1. The van der Waals surface area contributed by atoms with Crippen molar-refractivity contribution in [3.05, 3.63) is 17.3 Å². The molecule has 0 aliphatic carbocycles. The van der Waals surface area contributed by atoms with Crippen molar-refractivity contribution >= 4 is 17.7 Å². The van der Waals surface area contributed by atoms with Crippen LogP contribution in [0.1, 0.15) is 46.5 Å². The second-order valence-electron chi connectivity index (χ2n) is 7.18. The molecule has 1 amide bonds. The quantitative estimate of drug-likeness (QED) is 0.825. The molecule has 2 fully saturated rings. The number of amides is 1. The molecular formula is C16H22ClN3O3. The van der Waals surface area contributed by atoms with Crippen molar-refractivity contribution < 1.29 is 14.3 Å². The first-order valence-corrected chi connectivity index (χ1v) is 8.37. The van der Waals surface area contributed by atoms with Crippen LogP contribution in [0.2, 0.25) is 5.15 Å². The molecule has 0 radical (unpaired) electrons. The van der Waals surface area contributed by atoms with Crippen LogP contribution in [0.3, 0.4) is 0 Å². The van der Waals surface area contributed by atoms with Gasteiger partial charge in [0.05, 0.1) is 0 Å². The molecule has 126 valence electrons. The van der Waals surface area contributed by atoms with E-state index in [0.717, 1.165) is 25.7 Å². The van der Waals surface area contributed by atoms with Crippen molar-refractivity contribution in [3.8, 4) is 5.88 Å². The lowest BCUT2D eigenvalue weighted by Crippen LogP contribution is -2.50. The van der Waals surface area contributed by atoms with Gasteiger partial charge < -0.3 is 14.4 Å². The number of hydrogen-bond donors (Lipinski definition) is 0. The molecule has 0 unspecified atom stereocenters. The van der Waals surface area contributed by atoms with Gasteiger partial charge in [-0.3, -0.25) is 0 Å². The van der Waals surface area contributed by atoms with Crippen LogP contribution in [0, 0.1) is 0 Å².